The lowest BCUT2D eigenvalue weighted by molar-refractivity contribution is -0.139. The lowest BCUT2D eigenvalue weighted by atomic mass is 10.0. The van der Waals surface area contributed by atoms with Gasteiger partial charge in [-0.3, -0.25) is 4.79 Å². The second-order valence-electron chi connectivity index (χ2n) is 4.48. The summed E-state index contributed by atoms with van der Waals surface area (Å²) in [7, 11) is 0. The molecule has 0 fully saturated rings. The number of halogens is 2. The van der Waals surface area contributed by atoms with Crippen LogP contribution in [0, 0.1) is 5.92 Å². The molecule has 0 bridgehead atoms. The van der Waals surface area contributed by atoms with Crippen molar-refractivity contribution in [3.63, 3.8) is 0 Å². The van der Waals surface area contributed by atoms with Gasteiger partial charge in [-0.2, -0.15) is 0 Å². The van der Waals surface area contributed by atoms with Crippen LogP contribution in [0.2, 0.25) is 10.2 Å². The van der Waals surface area contributed by atoms with Gasteiger partial charge in [-0.15, -0.1) is 0 Å². The van der Waals surface area contributed by atoms with E-state index in [1.54, 1.807) is 0 Å². The first kappa shape index (κ1) is 15.7. The summed E-state index contributed by atoms with van der Waals surface area (Å²) in [5, 5.41) is 11.7. The van der Waals surface area contributed by atoms with E-state index < -0.39 is 17.9 Å². The molecule has 1 rings (SSSR count). The molecule has 1 heterocycles. The van der Waals surface area contributed by atoms with Gasteiger partial charge in [-0.05, 0) is 18.4 Å². The number of nitrogens with zero attached hydrogens (tertiary/aromatic N) is 1. The number of aliphatic carboxylic acids is 1. The average Bonchev–Trinajstić information content (AvgIpc) is 2.30. The molecule has 0 aromatic carbocycles. The van der Waals surface area contributed by atoms with Crippen molar-refractivity contribution in [1.82, 2.24) is 10.3 Å². The van der Waals surface area contributed by atoms with E-state index >= 15 is 0 Å². The molecule has 0 radical (unpaired) electrons. The Morgan fingerprint density at radius 3 is 2.58 bits per heavy atom. The number of nitrogens with one attached hydrogen (secondary N) is 1. The van der Waals surface area contributed by atoms with Crippen molar-refractivity contribution in [2.45, 2.75) is 26.3 Å². The lowest BCUT2D eigenvalue weighted by Crippen LogP contribution is -2.41. The largest absolute Gasteiger partial charge is 0.480 e. The highest BCUT2D eigenvalue weighted by Crippen LogP contribution is 2.18. The molecule has 0 aliphatic heterocycles. The molecule has 0 saturated carbocycles. The SMILES string of the molecule is CC(C)C[C@H](NC(=O)c1cc(Cl)ncc1Cl)C(=O)O. The number of hydrogen-bond acceptors (Lipinski definition) is 3. The van der Waals surface area contributed by atoms with E-state index in [0.29, 0.717) is 6.42 Å². The Morgan fingerprint density at radius 2 is 2.05 bits per heavy atom. The van der Waals surface area contributed by atoms with Crippen molar-refractivity contribution in [1.29, 1.82) is 0 Å². The molecule has 1 aromatic rings. The maximum Gasteiger partial charge on any atom is 0.326 e. The Kier molecular flexibility index (Phi) is 5.57. The topological polar surface area (TPSA) is 79.3 Å². The van der Waals surface area contributed by atoms with E-state index in [-0.39, 0.29) is 21.7 Å². The van der Waals surface area contributed by atoms with Gasteiger partial charge in [0.15, 0.2) is 0 Å². The molecule has 0 aliphatic carbocycles. The lowest BCUT2D eigenvalue weighted by Gasteiger charge is -2.16. The van der Waals surface area contributed by atoms with Crippen LogP contribution in [0.4, 0.5) is 0 Å². The van der Waals surface area contributed by atoms with Crippen molar-refractivity contribution >= 4 is 35.1 Å². The van der Waals surface area contributed by atoms with Crippen molar-refractivity contribution < 1.29 is 14.7 Å². The van der Waals surface area contributed by atoms with Crippen LogP contribution in [0.25, 0.3) is 0 Å². The number of carboxylic acid groups (broad SMARTS) is 1. The van der Waals surface area contributed by atoms with E-state index in [2.05, 4.69) is 10.3 Å². The van der Waals surface area contributed by atoms with E-state index in [1.807, 2.05) is 13.8 Å². The summed E-state index contributed by atoms with van der Waals surface area (Å²) in [6, 6.07) is 0.337. The second kappa shape index (κ2) is 6.73. The molecule has 2 N–H and O–H groups in total. The normalized spacial score (nSPS) is 12.3. The first-order chi connectivity index (χ1) is 8.81. The van der Waals surface area contributed by atoms with Gasteiger partial charge in [0, 0.05) is 6.20 Å². The Hall–Kier alpha value is -1.33. The highest BCUT2D eigenvalue weighted by molar-refractivity contribution is 6.35. The van der Waals surface area contributed by atoms with Gasteiger partial charge in [0.05, 0.1) is 10.6 Å². The molecule has 5 nitrogen and oxygen atoms in total. The summed E-state index contributed by atoms with van der Waals surface area (Å²) in [5.41, 5.74) is 0.108. The molecule has 0 unspecified atom stereocenters. The number of carboxylic acids is 1. The average molecular weight is 305 g/mol. The Bertz CT molecular complexity index is 492. The third-order valence-corrected chi connectivity index (χ3v) is 2.89. The smallest absolute Gasteiger partial charge is 0.326 e. The standard InChI is InChI=1S/C12H14Cl2N2O3/c1-6(2)3-9(12(18)19)16-11(17)7-4-10(14)15-5-8(7)13/h4-6,9H,3H2,1-2H3,(H,16,17)(H,18,19)/t9-/m0/s1. The van der Waals surface area contributed by atoms with E-state index in [9.17, 15) is 9.59 Å². The van der Waals surface area contributed by atoms with Gasteiger partial charge in [-0.25, -0.2) is 9.78 Å². The monoisotopic (exact) mass is 304 g/mol. The maximum atomic E-state index is 12.0. The van der Waals surface area contributed by atoms with Gasteiger partial charge >= 0.3 is 5.97 Å². The molecule has 19 heavy (non-hydrogen) atoms. The summed E-state index contributed by atoms with van der Waals surface area (Å²) in [5.74, 6) is -1.53. The fourth-order valence-corrected chi connectivity index (χ4v) is 1.86. The van der Waals surface area contributed by atoms with Gasteiger partial charge in [0.2, 0.25) is 0 Å². The van der Waals surface area contributed by atoms with Gasteiger partial charge in [0.1, 0.15) is 11.2 Å². The number of hydrogen-bond donors (Lipinski definition) is 2. The van der Waals surface area contributed by atoms with Crippen LogP contribution >= 0.6 is 23.2 Å². The fourth-order valence-electron chi connectivity index (χ4n) is 1.52. The minimum absolute atomic E-state index is 0.108. The molecular weight excluding hydrogens is 291 g/mol. The number of amides is 1. The Labute approximate surface area is 120 Å². The summed E-state index contributed by atoms with van der Waals surface area (Å²) < 4.78 is 0. The number of carbonyl (C=O) groups is 2. The van der Waals surface area contributed by atoms with Crippen LogP contribution in [0.1, 0.15) is 30.6 Å². The molecule has 0 aliphatic rings. The summed E-state index contributed by atoms with van der Waals surface area (Å²) in [6.07, 6.45) is 1.58. The third kappa shape index (κ3) is 4.69. The van der Waals surface area contributed by atoms with Crippen molar-refractivity contribution in [2.24, 2.45) is 5.92 Å². The van der Waals surface area contributed by atoms with Gasteiger partial charge in [-0.1, -0.05) is 37.0 Å². The number of carbonyl (C=O) groups excluding carboxylic acids is 1. The molecule has 0 spiro atoms. The van der Waals surface area contributed by atoms with E-state index in [4.69, 9.17) is 28.3 Å². The molecule has 1 amide bonds. The van der Waals surface area contributed by atoms with Crippen LogP contribution in [-0.2, 0) is 4.79 Å². The summed E-state index contributed by atoms with van der Waals surface area (Å²) >= 11 is 11.5. The Balaban J connectivity index is 2.87. The summed E-state index contributed by atoms with van der Waals surface area (Å²) in [6.45, 7) is 3.75. The zero-order valence-electron chi connectivity index (χ0n) is 10.5. The molecular formula is C12H14Cl2N2O3. The van der Waals surface area contributed by atoms with Crippen LogP contribution < -0.4 is 5.32 Å². The maximum absolute atomic E-state index is 12.0. The third-order valence-electron chi connectivity index (χ3n) is 2.38. The van der Waals surface area contributed by atoms with E-state index in [0.717, 1.165) is 0 Å². The van der Waals surface area contributed by atoms with Crippen LogP contribution in [0.15, 0.2) is 12.3 Å². The minimum atomic E-state index is -1.08. The fraction of sp³-hybridized carbons (Fsp3) is 0.417. The zero-order valence-corrected chi connectivity index (χ0v) is 12.0. The van der Waals surface area contributed by atoms with Crippen molar-refractivity contribution in [3.8, 4) is 0 Å². The molecule has 0 saturated heterocycles. The molecule has 1 aromatic heterocycles. The number of aromatic nitrogens is 1. The first-order valence-corrected chi connectivity index (χ1v) is 6.41. The number of rotatable bonds is 5. The highest BCUT2D eigenvalue weighted by atomic mass is 35.5. The Morgan fingerprint density at radius 1 is 1.42 bits per heavy atom. The van der Waals surface area contributed by atoms with Crippen LogP contribution in [0.3, 0.4) is 0 Å². The minimum Gasteiger partial charge on any atom is -0.480 e. The predicted octanol–water partition coefficient (Wildman–Crippen LogP) is 2.62. The van der Waals surface area contributed by atoms with Crippen molar-refractivity contribution in [2.75, 3.05) is 0 Å². The summed E-state index contributed by atoms with van der Waals surface area (Å²) in [4.78, 5) is 26.8. The zero-order chi connectivity index (χ0) is 14.6. The highest BCUT2D eigenvalue weighted by Gasteiger charge is 2.23. The molecule has 7 heteroatoms. The van der Waals surface area contributed by atoms with Crippen LogP contribution in [0.5, 0.6) is 0 Å². The predicted molar refractivity (Wildman–Crippen MR) is 72.6 cm³/mol. The van der Waals surface area contributed by atoms with Crippen molar-refractivity contribution in [3.05, 3.63) is 28.0 Å². The second-order valence-corrected chi connectivity index (χ2v) is 5.28. The van der Waals surface area contributed by atoms with Gasteiger partial charge in [0.25, 0.3) is 5.91 Å². The quantitative estimate of drug-likeness (QED) is 0.820. The first-order valence-electron chi connectivity index (χ1n) is 5.66. The van der Waals surface area contributed by atoms with Crippen LogP contribution in [-0.4, -0.2) is 28.0 Å². The molecule has 1 atom stereocenters. The molecule has 104 valence electrons. The number of pyridine rings is 1. The van der Waals surface area contributed by atoms with E-state index in [1.165, 1.54) is 12.3 Å². The van der Waals surface area contributed by atoms with Gasteiger partial charge < -0.3 is 10.4 Å².